The van der Waals surface area contributed by atoms with Gasteiger partial charge in [0.1, 0.15) is 0 Å². The van der Waals surface area contributed by atoms with Gasteiger partial charge in [0.2, 0.25) is 11.8 Å². The SMILES string of the molecule is CNCCNC(=O)C1CC(=O)N(Cc2ccc(C)cc2)C1.Cl. The molecule has 0 aromatic heterocycles. The Morgan fingerprint density at radius 1 is 1.27 bits per heavy atom. The normalized spacial score (nSPS) is 17.3. The zero-order chi connectivity index (χ0) is 15.2. The molecular weight excluding hydrogens is 302 g/mol. The van der Waals surface area contributed by atoms with Gasteiger partial charge in [-0.1, -0.05) is 29.8 Å². The molecular formula is C16H24ClN3O2. The summed E-state index contributed by atoms with van der Waals surface area (Å²) in [5.41, 5.74) is 2.30. The van der Waals surface area contributed by atoms with Crippen molar-refractivity contribution in [2.45, 2.75) is 19.9 Å². The van der Waals surface area contributed by atoms with Crippen LogP contribution in [-0.4, -0.2) is 43.4 Å². The number of halogens is 1. The summed E-state index contributed by atoms with van der Waals surface area (Å²) in [4.78, 5) is 25.8. The number of carbonyl (C=O) groups excluding carboxylic acids is 2. The van der Waals surface area contributed by atoms with Crippen molar-refractivity contribution in [1.29, 1.82) is 0 Å². The minimum absolute atomic E-state index is 0. The van der Waals surface area contributed by atoms with E-state index in [2.05, 4.69) is 10.6 Å². The predicted molar refractivity (Wildman–Crippen MR) is 88.9 cm³/mol. The van der Waals surface area contributed by atoms with Crippen LogP contribution >= 0.6 is 12.4 Å². The maximum atomic E-state index is 12.0. The van der Waals surface area contributed by atoms with Crippen LogP contribution in [0.2, 0.25) is 0 Å². The highest BCUT2D eigenvalue weighted by atomic mass is 35.5. The second-order valence-corrected chi connectivity index (χ2v) is 5.56. The monoisotopic (exact) mass is 325 g/mol. The predicted octanol–water partition coefficient (Wildman–Crippen LogP) is 1.10. The van der Waals surface area contributed by atoms with Gasteiger partial charge in [0.05, 0.1) is 5.92 Å². The summed E-state index contributed by atoms with van der Waals surface area (Å²) < 4.78 is 0. The van der Waals surface area contributed by atoms with Gasteiger partial charge in [-0.15, -0.1) is 12.4 Å². The van der Waals surface area contributed by atoms with Crippen molar-refractivity contribution >= 4 is 24.2 Å². The Morgan fingerprint density at radius 3 is 2.59 bits per heavy atom. The molecule has 1 atom stereocenters. The molecule has 1 aliphatic heterocycles. The number of nitrogens with one attached hydrogen (secondary N) is 2. The number of hydrogen-bond acceptors (Lipinski definition) is 3. The molecule has 6 heteroatoms. The molecule has 2 rings (SSSR count). The first-order valence-electron chi connectivity index (χ1n) is 7.36. The average Bonchev–Trinajstić information content (AvgIpc) is 2.83. The highest BCUT2D eigenvalue weighted by Gasteiger charge is 2.33. The Labute approximate surface area is 137 Å². The summed E-state index contributed by atoms with van der Waals surface area (Å²) in [5.74, 6) is -0.186. The molecule has 0 saturated carbocycles. The first kappa shape index (κ1) is 18.5. The van der Waals surface area contributed by atoms with E-state index >= 15 is 0 Å². The Balaban J connectivity index is 0.00000242. The maximum Gasteiger partial charge on any atom is 0.225 e. The van der Waals surface area contributed by atoms with Crippen molar-refractivity contribution in [3.8, 4) is 0 Å². The minimum Gasteiger partial charge on any atom is -0.355 e. The number of nitrogens with zero attached hydrogens (tertiary/aromatic N) is 1. The van der Waals surface area contributed by atoms with Gasteiger partial charge in [-0.2, -0.15) is 0 Å². The van der Waals surface area contributed by atoms with E-state index < -0.39 is 0 Å². The van der Waals surface area contributed by atoms with Crippen LogP contribution in [0, 0.1) is 12.8 Å². The highest BCUT2D eigenvalue weighted by Crippen LogP contribution is 2.20. The lowest BCUT2D eigenvalue weighted by Gasteiger charge is -2.17. The molecule has 1 aliphatic rings. The third-order valence-electron chi connectivity index (χ3n) is 3.75. The van der Waals surface area contributed by atoms with Gasteiger partial charge < -0.3 is 15.5 Å². The number of aryl methyl sites for hydroxylation is 1. The third-order valence-corrected chi connectivity index (χ3v) is 3.75. The number of rotatable bonds is 6. The number of hydrogen-bond donors (Lipinski definition) is 2. The van der Waals surface area contributed by atoms with Crippen LogP contribution in [0.5, 0.6) is 0 Å². The largest absolute Gasteiger partial charge is 0.355 e. The molecule has 0 bridgehead atoms. The van der Waals surface area contributed by atoms with Crippen molar-refractivity contribution in [1.82, 2.24) is 15.5 Å². The van der Waals surface area contributed by atoms with Crippen molar-refractivity contribution in [2.75, 3.05) is 26.7 Å². The molecule has 5 nitrogen and oxygen atoms in total. The Hall–Kier alpha value is -1.59. The molecule has 0 radical (unpaired) electrons. The van der Waals surface area contributed by atoms with Crippen LogP contribution in [0.3, 0.4) is 0 Å². The Morgan fingerprint density at radius 2 is 1.95 bits per heavy atom. The summed E-state index contributed by atoms with van der Waals surface area (Å²) in [6.07, 6.45) is 0.317. The fourth-order valence-corrected chi connectivity index (χ4v) is 2.47. The molecule has 1 aromatic carbocycles. The number of likely N-dealkylation sites (N-methyl/N-ethyl adjacent to an activating group) is 1. The highest BCUT2D eigenvalue weighted by molar-refractivity contribution is 5.89. The molecule has 1 aromatic rings. The first-order valence-corrected chi connectivity index (χ1v) is 7.36. The van der Waals surface area contributed by atoms with Crippen LogP contribution < -0.4 is 10.6 Å². The van der Waals surface area contributed by atoms with Crippen molar-refractivity contribution in [2.24, 2.45) is 5.92 Å². The van der Waals surface area contributed by atoms with E-state index in [1.807, 2.05) is 38.2 Å². The van der Waals surface area contributed by atoms with Crippen LogP contribution in [0.25, 0.3) is 0 Å². The quantitative estimate of drug-likeness (QED) is 0.770. The molecule has 1 heterocycles. The number of likely N-dealkylation sites (tertiary alicyclic amines) is 1. The fourth-order valence-electron chi connectivity index (χ4n) is 2.47. The van der Waals surface area contributed by atoms with E-state index in [-0.39, 0.29) is 30.1 Å². The molecule has 1 unspecified atom stereocenters. The summed E-state index contributed by atoms with van der Waals surface area (Å²) in [5, 5.41) is 5.83. The topological polar surface area (TPSA) is 61.4 Å². The smallest absolute Gasteiger partial charge is 0.225 e. The minimum atomic E-state index is -0.222. The first-order chi connectivity index (χ1) is 10.1. The molecule has 22 heavy (non-hydrogen) atoms. The number of amides is 2. The van der Waals surface area contributed by atoms with E-state index in [1.54, 1.807) is 4.90 Å². The molecule has 2 N–H and O–H groups in total. The standard InChI is InChI=1S/C16H23N3O2.ClH/c1-12-3-5-13(6-4-12)10-19-11-14(9-15(19)20)16(21)18-8-7-17-2;/h3-6,14,17H,7-11H2,1-2H3,(H,18,21);1H. The summed E-state index contributed by atoms with van der Waals surface area (Å²) in [6, 6.07) is 8.14. The Bertz CT molecular complexity index is 505. The number of carbonyl (C=O) groups is 2. The van der Waals surface area contributed by atoms with Crippen molar-refractivity contribution in [3.05, 3.63) is 35.4 Å². The lowest BCUT2D eigenvalue weighted by molar-refractivity contribution is -0.129. The van der Waals surface area contributed by atoms with Crippen molar-refractivity contribution in [3.63, 3.8) is 0 Å². The van der Waals surface area contributed by atoms with Crippen molar-refractivity contribution < 1.29 is 9.59 Å². The second-order valence-electron chi connectivity index (χ2n) is 5.56. The maximum absolute atomic E-state index is 12.0. The van der Waals surface area contributed by atoms with Gasteiger partial charge >= 0.3 is 0 Å². The second kappa shape index (κ2) is 8.76. The summed E-state index contributed by atoms with van der Waals surface area (Å²) in [6.45, 7) is 4.46. The summed E-state index contributed by atoms with van der Waals surface area (Å²) >= 11 is 0. The lowest BCUT2D eigenvalue weighted by Crippen LogP contribution is -2.36. The fraction of sp³-hybridized carbons (Fsp3) is 0.500. The van der Waals surface area contributed by atoms with Gasteiger partial charge in [0, 0.05) is 32.6 Å². The third kappa shape index (κ3) is 5.00. The van der Waals surface area contributed by atoms with E-state index in [0.29, 0.717) is 26.1 Å². The molecule has 0 spiro atoms. The Kier molecular flexibility index (Phi) is 7.35. The van der Waals surface area contributed by atoms with Crippen LogP contribution in [0.15, 0.2) is 24.3 Å². The molecule has 1 fully saturated rings. The average molecular weight is 326 g/mol. The molecule has 1 saturated heterocycles. The molecule has 2 amide bonds. The van der Waals surface area contributed by atoms with Gasteiger partial charge in [0.25, 0.3) is 0 Å². The van der Waals surface area contributed by atoms with E-state index in [4.69, 9.17) is 0 Å². The van der Waals surface area contributed by atoms with Gasteiger partial charge in [-0.05, 0) is 19.5 Å². The lowest BCUT2D eigenvalue weighted by atomic mass is 10.1. The zero-order valence-corrected chi connectivity index (χ0v) is 13.9. The summed E-state index contributed by atoms with van der Waals surface area (Å²) in [7, 11) is 1.84. The van der Waals surface area contributed by atoms with Gasteiger partial charge in [-0.25, -0.2) is 0 Å². The zero-order valence-electron chi connectivity index (χ0n) is 13.1. The van der Waals surface area contributed by atoms with Crippen LogP contribution in [0.1, 0.15) is 17.5 Å². The number of benzene rings is 1. The van der Waals surface area contributed by atoms with E-state index in [0.717, 1.165) is 12.1 Å². The molecule has 0 aliphatic carbocycles. The van der Waals surface area contributed by atoms with Gasteiger partial charge in [0.15, 0.2) is 0 Å². The molecule has 122 valence electrons. The van der Waals surface area contributed by atoms with E-state index in [1.165, 1.54) is 5.56 Å². The van der Waals surface area contributed by atoms with Crippen LogP contribution in [-0.2, 0) is 16.1 Å². The van der Waals surface area contributed by atoms with Gasteiger partial charge in [-0.3, -0.25) is 9.59 Å². The van der Waals surface area contributed by atoms with Crippen LogP contribution in [0.4, 0.5) is 0 Å². The van der Waals surface area contributed by atoms with E-state index in [9.17, 15) is 9.59 Å².